The molecule has 6 heteroatoms. The molecule has 2 saturated heterocycles. The molecule has 3 rings (SSSR count). The van der Waals surface area contributed by atoms with Crippen molar-refractivity contribution in [3.8, 4) is 0 Å². The first-order valence-electron chi connectivity index (χ1n) is 8.01. The molecule has 1 aromatic heterocycles. The van der Waals surface area contributed by atoms with Gasteiger partial charge in [-0.25, -0.2) is 9.97 Å². The Kier molecular flexibility index (Phi) is 4.29. The van der Waals surface area contributed by atoms with E-state index < -0.39 is 0 Å². The molecule has 6 nitrogen and oxygen atoms in total. The van der Waals surface area contributed by atoms with Crippen molar-refractivity contribution in [1.82, 2.24) is 15.3 Å². The lowest BCUT2D eigenvalue weighted by molar-refractivity contribution is -0.125. The molecule has 1 unspecified atom stereocenters. The molecule has 0 bridgehead atoms. The first kappa shape index (κ1) is 15.2. The lowest BCUT2D eigenvalue weighted by atomic mass is 9.82. The summed E-state index contributed by atoms with van der Waals surface area (Å²) in [6.07, 6.45) is 5.41. The zero-order chi connectivity index (χ0) is 15.6. The number of rotatable bonds is 2. The monoisotopic (exact) mass is 304 g/mol. The van der Waals surface area contributed by atoms with Crippen molar-refractivity contribution in [1.29, 1.82) is 0 Å². The van der Waals surface area contributed by atoms with E-state index in [-0.39, 0.29) is 17.6 Å². The molecule has 1 amide bonds. The van der Waals surface area contributed by atoms with Crippen LogP contribution in [0.1, 0.15) is 38.3 Å². The number of nitrogens with zero attached hydrogens (tertiary/aromatic N) is 3. The summed E-state index contributed by atoms with van der Waals surface area (Å²) in [6.45, 7) is 6.17. The molecule has 2 fully saturated rings. The van der Waals surface area contributed by atoms with E-state index in [2.05, 4.69) is 20.2 Å². The molecule has 0 saturated carbocycles. The number of anilines is 1. The third kappa shape index (κ3) is 3.38. The Morgan fingerprint density at radius 1 is 1.41 bits per heavy atom. The zero-order valence-electron chi connectivity index (χ0n) is 13.3. The summed E-state index contributed by atoms with van der Waals surface area (Å²) < 4.78 is 6.12. The van der Waals surface area contributed by atoms with Crippen LogP contribution in [0.25, 0.3) is 0 Å². The smallest absolute Gasteiger partial charge is 0.217 e. The van der Waals surface area contributed by atoms with E-state index in [1.54, 1.807) is 13.3 Å². The third-order valence-electron chi connectivity index (χ3n) is 4.69. The highest BCUT2D eigenvalue weighted by molar-refractivity contribution is 5.73. The fourth-order valence-corrected chi connectivity index (χ4v) is 3.54. The van der Waals surface area contributed by atoms with Gasteiger partial charge in [-0.1, -0.05) is 0 Å². The van der Waals surface area contributed by atoms with Crippen molar-refractivity contribution >= 4 is 11.7 Å². The van der Waals surface area contributed by atoms with Gasteiger partial charge in [0.05, 0.1) is 5.60 Å². The highest BCUT2D eigenvalue weighted by atomic mass is 16.5. The molecule has 0 aromatic carbocycles. The van der Waals surface area contributed by atoms with Gasteiger partial charge < -0.3 is 15.0 Å². The van der Waals surface area contributed by atoms with Gasteiger partial charge in [-0.2, -0.15) is 0 Å². The van der Waals surface area contributed by atoms with Crippen LogP contribution in [0.3, 0.4) is 0 Å². The average Bonchev–Trinajstić information content (AvgIpc) is 2.47. The summed E-state index contributed by atoms with van der Waals surface area (Å²) in [5, 5.41) is 3.05. The molecule has 2 aliphatic heterocycles. The molecular formula is C16H24N4O2. The fraction of sp³-hybridized carbons (Fsp3) is 0.688. The van der Waals surface area contributed by atoms with Crippen molar-refractivity contribution in [2.45, 2.75) is 51.2 Å². The summed E-state index contributed by atoms with van der Waals surface area (Å²) in [5.74, 6) is 1.05. The minimum Gasteiger partial charge on any atom is -0.375 e. The van der Waals surface area contributed by atoms with E-state index in [0.29, 0.717) is 0 Å². The summed E-state index contributed by atoms with van der Waals surface area (Å²) in [7, 11) is 0. The van der Waals surface area contributed by atoms with E-state index in [1.807, 2.05) is 13.0 Å². The second kappa shape index (κ2) is 6.20. The van der Waals surface area contributed by atoms with Crippen LogP contribution in [0, 0.1) is 6.92 Å². The first-order chi connectivity index (χ1) is 10.6. The highest BCUT2D eigenvalue weighted by Crippen LogP contribution is 2.36. The Labute approximate surface area is 131 Å². The van der Waals surface area contributed by atoms with Gasteiger partial charge in [-0.05, 0) is 32.6 Å². The Bertz CT molecular complexity index is 541. The number of carbonyl (C=O) groups is 1. The molecule has 0 radical (unpaired) electrons. The summed E-state index contributed by atoms with van der Waals surface area (Å²) in [4.78, 5) is 22.1. The van der Waals surface area contributed by atoms with E-state index in [4.69, 9.17) is 4.74 Å². The van der Waals surface area contributed by atoms with E-state index in [1.165, 1.54) is 0 Å². The van der Waals surface area contributed by atoms with Gasteiger partial charge in [-0.3, -0.25) is 4.79 Å². The van der Waals surface area contributed by atoms with Gasteiger partial charge in [0.25, 0.3) is 0 Å². The van der Waals surface area contributed by atoms with Crippen LogP contribution < -0.4 is 10.2 Å². The number of hydrogen-bond acceptors (Lipinski definition) is 5. The van der Waals surface area contributed by atoms with Gasteiger partial charge in [0.2, 0.25) is 5.91 Å². The van der Waals surface area contributed by atoms with E-state index in [0.717, 1.165) is 56.9 Å². The molecule has 3 heterocycles. The van der Waals surface area contributed by atoms with E-state index >= 15 is 0 Å². The largest absolute Gasteiger partial charge is 0.375 e. The van der Waals surface area contributed by atoms with Crippen molar-refractivity contribution in [2.75, 3.05) is 24.6 Å². The lowest BCUT2D eigenvalue weighted by Gasteiger charge is -2.46. The predicted octanol–water partition coefficient (Wildman–Crippen LogP) is 1.44. The second-order valence-electron chi connectivity index (χ2n) is 6.43. The Hall–Kier alpha value is -1.69. The fourth-order valence-electron chi connectivity index (χ4n) is 3.54. The maximum absolute atomic E-state index is 11.3. The second-order valence-corrected chi connectivity index (χ2v) is 6.43. The summed E-state index contributed by atoms with van der Waals surface area (Å²) in [5.41, 5.74) is 0.911. The molecule has 2 aliphatic rings. The Morgan fingerprint density at radius 3 is 2.86 bits per heavy atom. The van der Waals surface area contributed by atoms with Crippen molar-refractivity contribution in [3.05, 3.63) is 18.1 Å². The number of piperidine rings is 1. The average molecular weight is 304 g/mol. The quantitative estimate of drug-likeness (QED) is 0.895. The number of nitrogens with one attached hydrogen (secondary N) is 1. The topological polar surface area (TPSA) is 67.3 Å². The number of carbonyl (C=O) groups excluding carboxylic acids is 1. The summed E-state index contributed by atoms with van der Waals surface area (Å²) in [6, 6.07) is 2.28. The number of aryl methyl sites for hydroxylation is 1. The van der Waals surface area contributed by atoms with Gasteiger partial charge >= 0.3 is 0 Å². The van der Waals surface area contributed by atoms with Crippen LogP contribution in [-0.4, -0.2) is 47.2 Å². The molecule has 1 N–H and O–H groups in total. The predicted molar refractivity (Wildman–Crippen MR) is 83.7 cm³/mol. The third-order valence-corrected chi connectivity index (χ3v) is 4.69. The van der Waals surface area contributed by atoms with Gasteiger partial charge in [0, 0.05) is 44.4 Å². The van der Waals surface area contributed by atoms with Crippen molar-refractivity contribution in [2.24, 2.45) is 0 Å². The number of ether oxygens (including phenoxy) is 1. The SMILES string of the molecule is CC(=O)NC1CCOC2(CCN(c3cc(C)ncn3)CC2)C1. The van der Waals surface area contributed by atoms with Crippen LogP contribution in [0.2, 0.25) is 0 Å². The Morgan fingerprint density at radius 2 is 2.18 bits per heavy atom. The Balaban J connectivity index is 1.62. The van der Waals surface area contributed by atoms with Gasteiger partial charge in [0.1, 0.15) is 12.1 Å². The van der Waals surface area contributed by atoms with Crippen LogP contribution in [0.15, 0.2) is 12.4 Å². The van der Waals surface area contributed by atoms with Crippen LogP contribution in [0.4, 0.5) is 5.82 Å². The number of amides is 1. The maximum atomic E-state index is 11.3. The lowest BCUT2D eigenvalue weighted by Crippen LogP contribution is -2.53. The number of aromatic nitrogens is 2. The van der Waals surface area contributed by atoms with Gasteiger partial charge in [-0.15, -0.1) is 0 Å². The normalized spacial score (nSPS) is 24.3. The molecule has 1 atom stereocenters. The zero-order valence-corrected chi connectivity index (χ0v) is 13.3. The van der Waals surface area contributed by atoms with Crippen LogP contribution in [0.5, 0.6) is 0 Å². The maximum Gasteiger partial charge on any atom is 0.217 e. The van der Waals surface area contributed by atoms with E-state index in [9.17, 15) is 4.79 Å². The highest BCUT2D eigenvalue weighted by Gasteiger charge is 2.40. The summed E-state index contributed by atoms with van der Waals surface area (Å²) >= 11 is 0. The molecule has 120 valence electrons. The molecule has 1 aromatic rings. The van der Waals surface area contributed by atoms with Crippen LogP contribution >= 0.6 is 0 Å². The van der Waals surface area contributed by atoms with Gasteiger partial charge in [0.15, 0.2) is 0 Å². The number of hydrogen-bond donors (Lipinski definition) is 1. The first-order valence-corrected chi connectivity index (χ1v) is 8.01. The minimum atomic E-state index is -0.0794. The molecular weight excluding hydrogens is 280 g/mol. The standard InChI is InChI=1S/C16H24N4O2/c1-12-9-15(18-11-17-12)20-6-4-16(5-7-20)10-14(3-8-22-16)19-13(2)21/h9,11,14H,3-8,10H2,1-2H3,(H,19,21). The van der Waals surface area contributed by atoms with Crippen molar-refractivity contribution in [3.63, 3.8) is 0 Å². The van der Waals surface area contributed by atoms with Crippen molar-refractivity contribution < 1.29 is 9.53 Å². The molecule has 22 heavy (non-hydrogen) atoms. The minimum absolute atomic E-state index is 0.0518. The van der Waals surface area contributed by atoms with Crippen LogP contribution in [-0.2, 0) is 9.53 Å². The molecule has 1 spiro atoms. The molecule has 0 aliphatic carbocycles.